The number of halogens is 1. The molecule has 1 saturated heterocycles. The van der Waals surface area contributed by atoms with Crippen LogP contribution in [0.25, 0.3) is 6.08 Å². The average Bonchev–Trinajstić information content (AvgIpc) is 2.54. The maximum absolute atomic E-state index is 11.7. The predicted octanol–water partition coefficient (Wildman–Crippen LogP) is 2.40. The normalized spacial score (nSPS) is 17.9. The molecule has 0 saturated carbocycles. The third-order valence-corrected chi connectivity index (χ3v) is 4.07. The molecule has 1 aliphatic heterocycles. The summed E-state index contributed by atoms with van der Waals surface area (Å²) in [7, 11) is 1.42. The predicted molar refractivity (Wildman–Crippen MR) is 74.0 cm³/mol. The Kier molecular flexibility index (Phi) is 3.36. The minimum absolute atomic E-state index is 0.0693. The maximum atomic E-state index is 11.7. The van der Waals surface area contributed by atoms with Crippen LogP contribution in [0.1, 0.15) is 5.56 Å². The van der Waals surface area contributed by atoms with Crippen molar-refractivity contribution in [1.82, 2.24) is 4.90 Å². The van der Waals surface area contributed by atoms with Gasteiger partial charge in [0.1, 0.15) is 5.75 Å². The zero-order chi connectivity index (χ0) is 13.4. The molecule has 1 aromatic rings. The molecule has 1 heterocycles. The Morgan fingerprint density at radius 2 is 2.11 bits per heavy atom. The topological polar surface area (TPSA) is 83.6 Å². The van der Waals surface area contributed by atoms with Gasteiger partial charge in [-0.25, -0.2) is 0 Å². The first kappa shape index (κ1) is 13.0. The number of rotatable bonds is 1. The van der Waals surface area contributed by atoms with Gasteiger partial charge in [-0.05, 0) is 35.5 Å². The first-order valence-electron chi connectivity index (χ1n) is 4.89. The van der Waals surface area contributed by atoms with Gasteiger partial charge in [-0.1, -0.05) is 15.9 Å². The minimum atomic E-state index is -0.354. The number of aromatic hydroxyl groups is 1. The van der Waals surface area contributed by atoms with Crippen LogP contribution in [0, 0.1) is 0 Å². The van der Waals surface area contributed by atoms with E-state index in [0.29, 0.717) is 14.9 Å². The summed E-state index contributed by atoms with van der Waals surface area (Å²) >= 11 is 4.14. The molecule has 94 valence electrons. The lowest BCUT2D eigenvalue weighted by molar-refractivity contribution is -0.121. The van der Waals surface area contributed by atoms with Crippen molar-refractivity contribution in [2.45, 2.75) is 0 Å². The van der Waals surface area contributed by atoms with Gasteiger partial charge in [0, 0.05) is 11.5 Å². The van der Waals surface area contributed by atoms with E-state index in [2.05, 4.69) is 15.9 Å². The van der Waals surface area contributed by atoms with Gasteiger partial charge in [0.15, 0.2) is 0 Å². The summed E-state index contributed by atoms with van der Waals surface area (Å²) in [5.74, 6) is -0.423. The van der Waals surface area contributed by atoms with Gasteiger partial charge in [0.05, 0.1) is 10.6 Å². The average molecular weight is 329 g/mol. The lowest BCUT2D eigenvalue weighted by Crippen LogP contribution is -2.22. The van der Waals surface area contributed by atoms with Crippen LogP contribution >= 0.6 is 27.7 Å². The van der Waals surface area contributed by atoms with Gasteiger partial charge in [0.2, 0.25) is 0 Å². The number of thioether (sulfide) groups is 1. The molecule has 1 aliphatic rings. The summed E-state index contributed by atoms with van der Waals surface area (Å²) in [5.41, 5.74) is 6.36. The monoisotopic (exact) mass is 328 g/mol. The molecule has 0 aliphatic carbocycles. The van der Waals surface area contributed by atoms with Gasteiger partial charge < -0.3 is 10.8 Å². The lowest BCUT2D eigenvalue weighted by atomic mass is 10.1. The highest BCUT2D eigenvalue weighted by Gasteiger charge is 2.31. The van der Waals surface area contributed by atoms with Crippen LogP contribution in [-0.2, 0) is 4.79 Å². The Morgan fingerprint density at radius 1 is 1.44 bits per heavy atom. The van der Waals surface area contributed by atoms with E-state index in [1.54, 1.807) is 0 Å². The van der Waals surface area contributed by atoms with Crippen molar-refractivity contribution in [2.75, 3.05) is 12.8 Å². The van der Waals surface area contributed by atoms with Gasteiger partial charge >= 0.3 is 0 Å². The second-order valence-electron chi connectivity index (χ2n) is 3.67. The van der Waals surface area contributed by atoms with Crippen LogP contribution < -0.4 is 5.73 Å². The number of hydrogen-bond donors (Lipinski definition) is 2. The summed E-state index contributed by atoms with van der Waals surface area (Å²) in [6.45, 7) is 0. The second kappa shape index (κ2) is 4.66. The molecule has 5 nitrogen and oxygen atoms in total. The second-order valence-corrected chi connectivity index (χ2v) is 5.52. The summed E-state index contributed by atoms with van der Waals surface area (Å²) in [5, 5.41) is 9.21. The minimum Gasteiger partial charge on any atom is -0.506 e. The van der Waals surface area contributed by atoms with Crippen molar-refractivity contribution in [2.24, 2.45) is 0 Å². The number of benzene rings is 1. The summed E-state index contributed by atoms with van der Waals surface area (Å²) in [6.07, 6.45) is 1.54. The molecule has 3 N–H and O–H groups in total. The van der Waals surface area contributed by atoms with Crippen molar-refractivity contribution < 1.29 is 14.7 Å². The third kappa shape index (κ3) is 2.23. The number of anilines is 1. The quantitative estimate of drug-likeness (QED) is 0.470. The van der Waals surface area contributed by atoms with E-state index in [9.17, 15) is 14.7 Å². The van der Waals surface area contributed by atoms with E-state index in [0.717, 1.165) is 16.7 Å². The van der Waals surface area contributed by atoms with E-state index < -0.39 is 0 Å². The number of nitrogen functional groups attached to an aromatic ring is 1. The Hall–Kier alpha value is -1.47. The number of phenols is 1. The molecular weight excluding hydrogens is 320 g/mol. The molecule has 2 rings (SSSR count). The summed E-state index contributed by atoms with van der Waals surface area (Å²) in [6, 6.07) is 2.97. The Labute approximate surface area is 116 Å². The van der Waals surface area contributed by atoms with Gasteiger partial charge in [-0.2, -0.15) is 0 Å². The van der Waals surface area contributed by atoms with E-state index in [1.807, 2.05) is 0 Å². The van der Waals surface area contributed by atoms with E-state index in [-0.39, 0.29) is 22.6 Å². The smallest absolute Gasteiger partial charge is 0.293 e. The highest BCUT2D eigenvalue weighted by atomic mass is 79.9. The summed E-state index contributed by atoms with van der Waals surface area (Å²) in [4.78, 5) is 24.4. The van der Waals surface area contributed by atoms with Crippen molar-refractivity contribution in [3.05, 3.63) is 27.1 Å². The number of amides is 2. The van der Waals surface area contributed by atoms with Crippen LogP contribution in [0.15, 0.2) is 21.5 Å². The number of hydrogen-bond acceptors (Lipinski definition) is 5. The molecule has 0 bridgehead atoms. The molecule has 0 radical (unpaired) electrons. The SMILES string of the molecule is CN1C(=O)S/C(=C\c2cc(O)c(N)cc2Br)C1=O. The fourth-order valence-electron chi connectivity index (χ4n) is 1.39. The Morgan fingerprint density at radius 3 is 2.67 bits per heavy atom. The lowest BCUT2D eigenvalue weighted by Gasteiger charge is -2.04. The fraction of sp³-hybridized carbons (Fsp3) is 0.0909. The molecule has 0 atom stereocenters. The van der Waals surface area contributed by atoms with Crippen molar-refractivity contribution in [1.29, 1.82) is 0 Å². The Bertz CT molecular complexity index is 586. The number of likely N-dealkylation sites (N-methyl/N-ethyl adjacent to an activating group) is 1. The standard InChI is InChI=1S/C11H9BrN2O3S/c1-14-10(16)9(18-11(14)17)3-5-2-8(15)7(13)4-6(5)12/h2-4,15H,13H2,1H3/b9-3-. The third-order valence-electron chi connectivity index (χ3n) is 2.42. The van der Waals surface area contributed by atoms with E-state index in [4.69, 9.17) is 5.73 Å². The molecule has 1 aromatic carbocycles. The van der Waals surface area contributed by atoms with E-state index >= 15 is 0 Å². The van der Waals surface area contributed by atoms with Crippen LogP contribution in [-0.4, -0.2) is 28.2 Å². The first-order chi connectivity index (χ1) is 8.40. The number of carbonyl (C=O) groups excluding carboxylic acids is 2. The molecule has 0 unspecified atom stereocenters. The first-order valence-corrected chi connectivity index (χ1v) is 6.50. The zero-order valence-corrected chi connectivity index (χ0v) is 11.7. The molecule has 0 spiro atoms. The fourth-order valence-corrected chi connectivity index (χ4v) is 2.68. The van der Waals surface area contributed by atoms with Crippen LogP contribution in [0.2, 0.25) is 0 Å². The number of carbonyl (C=O) groups is 2. The van der Waals surface area contributed by atoms with Gasteiger partial charge in [-0.3, -0.25) is 14.5 Å². The molecular formula is C11H9BrN2O3S. The molecule has 7 heteroatoms. The van der Waals surface area contributed by atoms with Gasteiger partial charge in [-0.15, -0.1) is 0 Å². The van der Waals surface area contributed by atoms with Crippen LogP contribution in [0.4, 0.5) is 10.5 Å². The summed E-state index contributed by atoms with van der Waals surface area (Å²) < 4.78 is 0.640. The molecule has 1 fully saturated rings. The van der Waals surface area contributed by atoms with Crippen molar-refractivity contribution in [3.8, 4) is 5.75 Å². The van der Waals surface area contributed by atoms with Crippen molar-refractivity contribution >= 4 is 50.6 Å². The number of phenolic OH excluding ortho intramolecular Hbond substituents is 1. The maximum Gasteiger partial charge on any atom is 0.293 e. The highest BCUT2D eigenvalue weighted by molar-refractivity contribution is 9.10. The number of nitrogens with zero attached hydrogens (tertiary/aromatic N) is 1. The number of nitrogens with two attached hydrogens (primary N) is 1. The van der Waals surface area contributed by atoms with E-state index in [1.165, 1.54) is 25.3 Å². The molecule has 2 amide bonds. The zero-order valence-electron chi connectivity index (χ0n) is 9.31. The number of imide groups is 1. The largest absolute Gasteiger partial charge is 0.506 e. The highest BCUT2D eigenvalue weighted by Crippen LogP contribution is 2.35. The van der Waals surface area contributed by atoms with Crippen LogP contribution in [0.3, 0.4) is 0 Å². The molecule has 0 aromatic heterocycles. The Balaban J connectivity index is 2.43. The van der Waals surface area contributed by atoms with Crippen molar-refractivity contribution in [3.63, 3.8) is 0 Å². The van der Waals surface area contributed by atoms with Gasteiger partial charge in [0.25, 0.3) is 11.1 Å². The molecule has 18 heavy (non-hydrogen) atoms. The van der Waals surface area contributed by atoms with Crippen LogP contribution in [0.5, 0.6) is 5.75 Å².